The Kier molecular flexibility index (Phi) is 7.87. The number of ether oxygens (including phenoxy) is 2. The summed E-state index contributed by atoms with van der Waals surface area (Å²) in [5.74, 6) is 0.958. The van der Waals surface area contributed by atoms with Gasteiger partial charge in [-0.15, -0.1) is 0 Å². The van der Waals surface area contributed by atoms with Crippen molar-refractivity contribution in [1.82, 2.24) is 9.80 Å². The van der Waals surface area contributed by atoms with Gasteiger partial charge < -0.3 is 24.6 Å². The number of hydrogen-bond donors (Lipinski definition) is 1. The fraction of sp³-hybridized carbons (Fsp3) is 0.321. The van der Waals surface area contributed by atoms with Gasteiger partial charge in [-0.25, -0.2) is 4.39 Å². The van der Waals surface area contributed by atoms with Crippen molar-refractivity contribution in [2.24, 2.45) is 0 Å². The first kappa shape index (κ1) is 24.5. The Bertz CT molecular complexity index is 1150. The summed E-state index contributed by atoms with van der Waals surface area (Å²) in [5, 5.41) is 3.56. The van der Waals surface area contributed by atoms with Gasteiger partial charge >= 0.3 is 0 Å². The molecule has 3 aromatic rings. The van der Waals surface area contributed by atoms with Gasteiger partial charge in [0.2, 0.25) is 0 Å². The third-order valence-corrected chi connectivity index (χ3v) is 6.40. The van der Waals surface area contributed by atoms with Crippen LogP contribution in [0.5, 0.6) is 11.5 Å². The van der Waals surface area contributed by atoms with Gasteiger partial charge in [0.1, 0.15) is 30.1 Å². The summed E-state index contributed by atoms with van der Waals surface area (Å²) in [5.41, 5.74) is 3.27. The summed E-state index contributed by atoms with van der Waals surface area (Å²) in [7, 11) is 1.62. The Morgan fingerprint density at radius 2 is 1.77 bits per heavy atom. The molecular weight excluding hydrogens is 445 g/mol. The van der Waals surface area contributed by atoms with Crippen LogP contribution in [0.4, 0.5) is 10.1 Å². The van der Waals surface area contributed by atoms with E-state index in [-0.39, 0.29) is 24.5 Å². The predicted octanol–water partition coefficient (Wildman–Crippen LogP) is 5.32. The largest absolute Gasteiger partial charge is 0.496 e. The molecule has 1 aliphatic rings. The van der Waals surface area contributed by atoms with Crippen molar-refractivity contribution in [3.63, 3.8) is 0 Å². The van der Waals surface area contributed by atoms with Gasteiger partial charge in [0, 0.05) is 24.3 Å². The fourth-order valence-corrected chi connectivity index (χ4v) is 4.35. The Balaban J connectivity index is 1.63. The number of rotatable bonds is 10. The topological polar surface area (TPSA) is 54.0 Å². The van der Waals surface area contributed by atoms with Gasteiger partial charge in [-0.1, -0.05) is 32.0 Å². The van der Waals surface area contributed by atoms with Crippen LogP contribution in [0, 0.1) is 5.82 Å². The standard InChI is InChI=1S/C28H32FN3O3/c1-4-31(5-2)16-17-32-27(30-25-9-7-6-8-24(25)28(32)33)20-10-15-26(34-3)21(18-20)19-35-23-13-11-22(29)12-14-23/h6-15,18,27,30H,4-5,16-17,19H2,1-3H3/t27-/m0/s1. The van der Waals surface area contributed by atoms with Gasteiger partial charge in [0.15, 0.2) is 0 Å². The van der Waals surface area contributed by atoms with E-state index in [9.17, 15) is 9.18 Å². The fourth-order valence-electron chi connectivity index (χ4n) is 4.35. The molecule has 0 aliphatic carbocycles. The second kappa shape index (κ2) is 11.2. The Morgan fingerprint density at radius 1 is 1.03 bits per heavy atom. The molecule has 6 nitrogen and oxygen atoms in total. The molecule has 1 N–H and O–H groups in total. The van der Waals surface area contributed by atoms with Crippen molar-refractivity contribution in [2.45, 2.75) is 26.6 Å². The van der Waals surface area contributed by atoms with Crippen LogP contribution in [0.25, 0.3) is 0 Å². The van der Waals surface area contributed by atoms with E-state index in [4.69, 9.17) is 9.47 Å². The van der Waals surface area contributed by atoms with Crippen LogP contribution in [0.15, 0.2) is 66.7 Å². The highest BCUT2D eigenvalue weighted by Crippen LogP contribution is 2.35. The van der Waals surface area contributed by atoms with E-state index in [1.165, 1.54) is 12.1 Å². The highest BCUT2D eigenvalue weighted by molar-refractivity contribution is 6.01. The Labute approximate surface area is 206 Å². The van der Waals surface area contributed by atoms with E-state index >= 15 is 0 Å². The number of likely N-dealkylation sites (N-methyl/N-ethyl adjacent to an activating group) is 1. The molecule has 1 aliphatic heterocycles. The number of nitrogens with zero attached hydrogens (tertiary/aromatic N) is 2. The molecule has 3 aromatic carbocycles. The average molecular weight is 478 g/mol. The van der Waals surface area contributed by atoms with Crippen molar-refractivity contribution >= 4 is 11.6 Å². The van der Waals surface area contributed by atoms with Crippen molar-refractivity contribution in [3.05, 3.63) is 89.2 Å². The molecule has 0 spiro atoms. The summed E-state index contributed by atoms with van der Waals surface area (Å²) in [6.45, 7) is 7.75. The number of nitrogens with one attached hydrogen (secondary N) is 1. The number of carbonyl (C=O) groups is 1. The SMILES string of the molecule is CCN(CC)CCN1C(=O)c2ccccc2N[C@@H]1c1ccc(OC)c(COc2ccc(F)cc2)c1. The first-order valence-corrected chi connectivity index (χ1v) is 12.0. The second-order valence-electron chi connectivity index (χ2n) is 8.43. The molecule has 1 amide bonds. The second-order valence-corrected chi connectivity index (χ2v) is 8.43. The maximum absolute atomic E-state index is 13.5. The van der Waals surface area contributed by atoms with Gasteiger partial charge in [0.05, 0.1) is 12.7 Å². The number of methoxy groups -OCH3 is 1. The number of fused-ring (bicyclic) bond motifs is 1. The lowest BCUT2D eigenvalue weighted by atomic mass is 10.0. The highest BCUT2D eigenvalue weighted by Gasteiger charge is 2.33. The van der Waals surface area contributed by atoms with E-state index < -0.39 is 0 Å². The van der Waals surface area contributed by atoms with Gasteiger partial charge in [0.25, 0.3) is 5.91 Å². The lowest BCUT2D eigenvalue weighted by molar-refractivity contribution is 0.0660. The monoisotopic (exact) mass is 477 g/mol. The molecule has 0 fully saturated rings. The summed E-state index contributed by atoms with van der Waals surface area (Å²) in [6, 6.07) is 19.4. The van der Waals surface area contributed by atoms with E-state index in [0.717, 1.165) is 36.4 Å². The molecule has 0 unspecified atom stereocenters. The molecule has 4 rings (SSSR count). The van der Waals surface area contributed by atoms with Crippen LogP contribution in [0.2, 0.25) is 0 Å². The third-order valence-electron chi connectivity index (χ3n) is 6.40. The highest BCUT2D eigenvalue weighted by atomic mass is 19.1. The first-order chi connectivity index (χ1) is 17.0. The summed E-state index contributed by atoms with van der Waals surface area (Å²) >= 11 is 0. The minimum absolute atomic E-state index is 0.0106. The van der Waals surface area contributed by atoms with Gasteiger partial charge in [-0.3, -0.25) is 4.79 Å². The molecule has 184 valence electrons. The molecule has 0 saturated heterocycles. The molecule has 0 radical (unpaired) electrons. The van der Waals surface area contributed by atoms with Crippen LogP contribution in [-0.2, 0) is 6.61 Å². The normalized spacial score (nSPS) is 15.1. The number of carbonyl (C=O) groups excluding carboxylic acids is 1. The van der Waals surface area contributed by atoms with Crippen LogP contribution in [0.3, 0.4) is 0 Å². The number of halogens is 1. The molecule has 0 saturated carbocycles. The van der Waals surface area contributed by atoms with Crippen LogP contribution < -0.4 is 14.8 Å². The average Bonchev–Trinajstić information content (AvgIpc) is 2.89. The van der Waals surface area contributed by atoms with Crippen LogP contribution in [-0.4, -0.2) is 49.0 Å². The Hall–Kier alpha value is -3.58. The molecule has 1 atom stereocenters. The molecule has 1 heterocycles. The minimum Gasteiger partial charge on any atom is -0.496 e. The number of para-hydroxylation sites is 1. The zero-order valence-corrected chi connectivity index (χ0v) is 20.5. The first-order valence-electron chi connectivity index (χ1n) is 12.0. The van der Waals surface area contributed by atoms with Crippen molar-refractivity contribution in [3.8, 4) is 11.5 Å². The van der Waals surface area contributed by atoms with Crippen LogP contribution >= 0.6 is 0 Å². The predicted molar refractivity (Wildman–Crippen MR) is 135 cm³/mol. The van der Waals surface area contributed by atoms with Gasteiger partial charge in [-0.2, -0.15) is 0 Å². The molecule has 7 heteroatoms. The molecule has 0 aromatic heterocycles. The lowest BCUT2D eigenvalue weighted by Gasteiger charge is -2.39. The van der Waals surface area contributed by atoms with E-state index in [1.807, 2.05) is 47.4 Å². The number of anilines is 1. The van der Waals surface area contributed by atoms with Crippen molar-refractivity contribution in [1.29, 1.82) is 0 Å². The van der Waals surface area contributed by atoms with E-state index in [1.54, 1.807) is 19.2 Å². The number of amides is 1. The smallest absolute Gasteiger partial charge is 0.257 e. The van der Waals surface area contributed by atoms with Crippen LogP contribution in [0.1, 0.15) is 41.5 Å². The Morgan fingerprint density at radius 3 is 2.49 bits per heavy atom. The summed E-state index contributed by atoms with van der Waals surface area (Å²) in [4.78, 5) is 17.7. The molecule has 0 bridgehead atoms. The van der Waals surface area contributed by atoms with E-state index in [2.05, 4.69) is 24.1 Å². The number of benzene rings is 3. The summed E-state index contributed by atoms with van der Waals surface area (Å²) < 4.78 is 24.7. The summed E-state index contributed by atoms with van der Waals surface area (Å²) in [6.07, 6.45) is -0.330. The van der Waals surface area contributed by atoms with Gasteiger partial charge in [-0.05, 0) is 67.2 Å². The molecule has 35 heavy (non-hydrogen) atoms. The van der Waals surface area contributed by atoms with Crippen molar-refractivity contribution < 1.29 is 18.7 Å². The quantitative estimate of drug-likeness (QED) is 0.428. The lowest BCUT2D eigenvalue weighted by Crippen LogP contribution is -2.46. The van der Waals surface area contributed by atoms with E-state index in [0.29, 0.717) is 23.6 Å². The molecular formula is C28H32FN3O3. The minimum atomic E-state index is -0.330. The zero-order chi connectivity index (χ0) is 24.8. The number of hydrogen-bond acceptors (Lipinski definition) is 5. The zero-order valence-electron chi connectivity index (χ0n) is 20.5. The maximum Gasteiger partial charge on any atom is 0.257 e. The third kappa shape index (κ3) is 5.57. The maximum atomic E-state index is 13.5. The van der Waals surface area contributed by atoms with Crippen molar-refractivity contribution in [2.75, 3.05) is 38.6 Å².